The Bertz CT molecular complexity index is 571. The largest absolute Gasteiger partial charge is 0.756 e. The second kappa shape index (κ2) is 20.5. The van der Waals surface area contributed by atoms with Crippen molar-refractivity contribution in [3.63, 3.8) is 0 Å². The van der Waals surface area contributed by atoms with Crippen molar-refractivity contribution in [3.05, 3.63) is 0 Å². The fourth-order valence-electron chi connectivity index (χ4n) is 3.89. The summed E-state index contributed by atoms with van der Waals surface area (Å²) in [5.41, 5.74) is 0. The van der Waals surface area contributed by atoms with E-state index in [4.69, 9.17) is 9.05 Å². The van der Waals surface area contributed by atoms with Gasteiger partial charge in [-0.3, -0.25) is 9.36 Å². The predicted octanol–water partition coefficient (Wildman–Crippen LogP) is 4.93. The number of aliphatic hydroxyl groups is 1. The highest BCUT2D eigenvalue weighted by Gasteiger charge is 2.23. The maximum Gasteiger partial charge on any atom is 0.268 e. The van der Waals surface area contributed by atoms with Crippen molar-refractivity contribution in [2.45, 2.75) is 122 Å². The molecule has 0 fully saturated rings. The van der Waals surface area contributed by atoms with E-state index in [0.29, 0.717) is 17.4 Å². The van der Waals surface area contributed by atoms with Crippen LogP contribution in [0.25, 0.3) is 0 Å². The Morgan fingerprint density at radius 2 is 1.34 bits per heavy atom. The maximum atomic E-state index is 12.0. The molecule has 3 atom stereocenters. The number of phosphoric acid groups is 1. The fourth-order valence-corrected chi connectivity index (χ4v) is 4.62. The number of carbonyl (C=O) groups excluding carboxylic acids is 1. The van der Waals surface area contributed by atoms with Crippen LogP contribution in [0.1, 0.15) is 110 Å². The number of quaternary nitrogens is 1. The average molecular weight is 523 g/mol. The second-order valence-electron chi connectivity index (χ2n) is 10.8. The van der Waals surface area contributed by atoms with Crippen molar-refractivity contribution in [2.75, 3.05) is 40.9 Å². The number of hydrogen-bond acceptors (Lipinski definition) is 6. The summed E-state index contributed by atoms with van der Waals surface area (Å²) >= 11 is 0. The van der Waals surface area contributed by atoms with Gasteiger partial charge in [0, 0.05) is 6.92 Å². The molecule has 0 aliphatic heterocycles. The van der Waals surface area contributed by atoms with Gasteiger partial charge in [0.15, 0.2) is 0 Å². The lowest BCUT2D eigenvalue weighted by Crippen LogP contribution is -2.45. The summed E-state index contributed by atoms with van der Waals surface area (Å²) in [7, 11) is 1.29. The van der Waals surface area contributed by atoms with Gasteiger partial charge in [-0.15, -0.1) is 0 Å². The van der Waals surface area contributed by atoms with Crippen LogP contribution >= 0.6 is 7.82 Å². The molecule has 0 aromatic carbocycles. The first-order valence-electron chi connectivity index (χ1n) is 13.8. The smallest absolute Gasteiger partial charge is 0.268 e. The summed E-state index contributed by atoms with van der Waals surface area (Å²) in [4.78, 5) is 23.5. The number of phosphoric ester groups is 1. The summed E-state index contributed by atoms with van der Waals surface area (Å²) in [6, 6.07) is -0.793. The lowest BCUT2D eigenvalue weighted by molar-refractivity contribution is -0.870. The van der Waals surface area contributed by atoms with E-state index in [9.17, 15) is 19.4 Å². The van der Waals surface area contributed by atoms with Gasteiger partial charge in [-0.1, -0.05) is 96.8 Å². The van der Waals surface area contributed by atoms with Crippen molar-refractivity contribution in [1.29, 1.82) is 0 Å². The molecule has 0 radical (unpaired) electrons. The summed E-state index contributed by atoms with van der Waals surface area (Å²) in [5, 5.41) is 13.1. The molecule has 0 saturated heterocycles. The Morgan fingerprint density at radius 1 is 0.886 bits per heavy atom. The minimum Gasteiger partial charge on any atom is -0.756 e. The minimum atomic E-state index is -4.50. The van der Waals surface area contributed by atoms with E-state index >= 15 is 0 Å². The monoisotopic (exact) mass is 522 g/mol. The van der Waals surface area contributed by atoms with Crippen molar-refractivity contribution in [3.8, 4) is 0 Å². The zero-order valence-corrected chi connectivity index (χ0v) is 24.2. The number of nitrogens with one attached hydrogen (secondary N) is 1. The molecule has 0 spiro atoms. The van der Waals surface area contributed by atoms with E-state index < -0.39 is 20.0 Å². The summed E-state index contributed by atoms with van der Waals surface area (Å²) in [5.74, 6) is -0.342. The molecule has 0 aromatic heterocycles. The molecule has 1 amide bonds. The molecule has 0 rings (SSSR count). The summed E-state index contributed by atoms with van der Waals surface area (Å²) < 4.78 is 22.4. The first-order valence-corrected chi connectivity index (χ1v) is 15.3. The first kappa shape index (κ1) is 34.5. The Balaban J connectivity index is 3.99. The SMILES string of the molecule is CCCCCCCCCCCCCCCCC(O)C(COP(=O)([O-])OCC[N+](C)(C)C)NC(C)=O. The number of carbonyl (C=O) groups is 1. The Labute approximate surface area is 215 Å². The quantitative estimate of drug-likeness (QED) is 0.106. The molecule has 0 saturated carbocycles. The molecule has 35 heavy (non-hydrogen) atoms. The third kappa shape index (κ3) is 23.6. The maximum absolute atomic E-state index is 12.0. The molecule has 3 unspecified atom stereocenters. The van der Waals surface area contributed by atoms with E-state index in [1.165, 1.54) is 77.6 Å². The highest BCUT2D eigenvalue weighted by Crippen LogP contribution is 2.38. The van der Waals surface area contributed by atoms with Crippen LogP contribution in [-0.2, 0) is 18.4 Å². The van der Waals surface area contributed by atoms with Gasteiger partial charge in [-0.05, 0) is 6.42 Å². The van der Waals surface area contributed by atoms with E-state index in [1.54, 1.807) is 0 Å². The van der Waals surface area contributed by atoms with E-state index in [-0.39, 0.29) is 19.1 Å². The molecule has 210 valence electrons. The lowest BCUT2D eigenvalue weighted by Gasteiger charge is -2.29. The van der Waals surface area contributed by atoms with Gasteiger partial charge in [-0.25, -0.2) is 0 Å². The van der Waals surface area contributed by atoms with Crippen LogP contribution in [0, 0.1) is 0 Å². The molecule has 0 aromatic rings. The topological polar surface area (TPSA) is 108 Å². The van der Waals surface area contributed by atoms with Crippen LogP contribution in [0.15, 0.2) is 0 Å². The molecule has 9 heteroatoms. The van der Waals surface area contributed by atoms with E-state index in [0.717, 1.165) is 19.3 Å². The fraction of sp³-hybridized carbons (Fsp3) is 0.962. The van der Waals surface area contributed by atoms with Gasteiger partial charge in [0.25, 0.3) is 7.82 Å². The van der Waals surface area contributed by atoms with Crippen molar-refractivity contribution < 1.29 is 32.9 Å². The van der Waals surface area contributed by atoms with Crippen LogP contribution in [0.2, 0.25) is 0 Å². The van der Waals surface area contributed by atoms with Crippen molar-refractivity contribution in [1.82, 2.24) is 5.32 Å². The van der Waals surface area contributed by atoms with Crippen LogP contribution in [0.5, 0.6) is 0 Å². The average Bonchev–Trinajstić information content (AvgIpc) is 2.75. The highest BCUT2D eigenvalue weighted by molar-refractivity contribution is 7.45. The lowest BCUT2D eigenvalue weighted by atomic mass is 10.0. The standard InChI is InChI=1S/C26H55N2O6P/c1-6-7-8-9-10-11-12-13-14-15-16-17-18-19-20-26(30)25(27-24(2)29)23-34-35(31,32)33-22-21-28(3,4)5/h25-26,30H,6-23H2,1-5H3,(H-,27,29,31,32). The van der Waals surface area contributed by atoms with Crippen molar-refractivity contribution in [2.24, 2.45) is 0 Å². The third-order valence-electron chi connectivity index (χ3n) is 6.13. The van der Waals surface area contributed by atoms with Gasteiger partial charge in [0.1, 0.15) is 13.2 Å². The Morgan fingerprint density at radius 3 is 1.77 bits per heavy atom. The number of unbranched alkanes of at least 4 members (excludes halogenated alkanes) is 13. The van der Waals surface area contributed by atoms with E-state index in [2.05, 4.69) is 12.2 Å². The number of aliphatic hydroxyl groups excluding tert-OH is 1. The molecule has 8 nitrogen and oxygen atoms in total. The zero-order valence-electron chi connectivity index (χ0n) is 23.3. The van der Waals surface area contributed by atoms with Crippen LogP contribution in [0.4, 0.5) is 0 Å². The van der Waals surface area contributed by atoms with Crippen molar-refractivity contribution >= 4 is 13.7 Å². The highest BCUT2D eigenvalue weighted by atomic mass is 31.2. The van der Waals surface area contributed by atoms with Gasteiger partial charge in [-0.2, -0.15) is 0 Å². The molecular weight excluding hydrogens is 467 g/mol. The Hall–Kier alpha value is -0.500. The number of nitrogens with zero attached hydrogens (tertiary/aromatic N) is 1. The Kier molecular flexibility index (Phi) is 20.3. The minimum absolute atomic E-state index is 0.0106. The van der Waals surface area contributed by atoms with Crippen LogP contribution in [0.3, 0.4) is 0 Å². The molecule has 0 aliphatic rings. The summed E-state index contributed by atoms with van der Waals surface area (Å²) in [6.45, 7) is 3.76. The van der Waals surface area contributed by atoms with Crippen LogP contribution < -0.4 is 10.2 Å². The normalized spacial score (nSPS) is 15.5. The van der Waals surface area contributed by atoms with Gasteiger partial charge in [0.05, 0.1) is 39.9 Å². The van der Waals surface area contributed by atoms with Gasteiger partial charge >= 0.3 is 0 Å². The number of likely N-dealkylation sites (N-methyl/N-ethyl adjacent to an activating group) is 1. The second-order valence-corrected chi connectivity index (χ2v) is 12.3. The number of hydrogen-bond donors (Lipinski definition) is 2. The number of rotatable bonds is 24. The number of amides is 1. The molecule has 0 aliphatic carbocycles. The third-order valence-corrected chi connectivity index (χ3v) is 7.09. The summed E-state index contributed by atoms with van der Waals surface area (Å²) in [6.07, 6.45) is 17.2. The van der Waals surface area contributed by atoms with E-state index in [1.807, 2.05) is 21.1 Å². The molecule has 0 heterocycles. The molecule has 0 bridgehead atoms. The van der Waals surface area contributed by atoms with Gasteiger partial charge in [0.2, 0.25) is 5.91 Å². The zero-order chi connectivity index (χ0) is 26.6. The molecular formula is C26H55N2O6P. The van der Waals surface area contributed by atoms with Gasteiger partial charge < -0.3 is 28.8 Å². The predicted molar refractivity (Wildman–Crippen MR) is 141 cm³/mol. The van der Waals surface area contributed by atoms with Crippen LogP contribution in [-0.4, -0.2) is 68.5 Å². The molecule has 2 N–H and O–H groups in total. The first-order chi connectivity index (χ1) is 16.5.